The number of hydrogen-bond acceptors (Lipinski definition) is 6. The topological polar surface area (TPSA) is 65.5 Å². The molecule has 3 aliphatic rings. The van der Waals surface area contributed by atoms with Crippen LogP contribution >= 0.6 is 22.9 Å². The zero-order valence-electron chi connectivity index (χ0n) is 20.1. The maximum Gasteiger partial charge on any atom is 0.230 e. The summed E-state index contributed by atoms with van der Waals surface area (Å²) in [6.07, 6.45) is 5.71. The van der Waals surface area contributed by atoms with Crippen molar-refractivity contribution in [1.82, 2.24) is 15.2 Å². The summed E-state index contributed by atoms with van der Waals surface area (Å²) in [5, 5.41) is 4.43. The maximum atomic E-state index is 12.2. The number of benzene rings is 1. The number of aromatic nitrogens is 1. The fraction of sp³-hybridized carbons (Fsp3) is 0.444. The first-order valence-electron chi connectivity index (χ1n) is 12.3. The molecule has 2 aromatic heterocycles. The molecule has 3 aliphatic heterocycles. The predicted octanol–water partition coefficient (Wildman–Crippen LogP) is 5.16. The Bertz CT molecular complexity index is 1330. The maximum absolute atomic E-state index is 12.2. The van der Waals surface area contributed by atoms with Crippen LogP contribution in [0.2, 0.25) is 5.02 Å². The summed E-state index contributed by atoms with van der Waals surface area (Å²) in [5.74, 6) is -0.179. The molecule has 0 bridgehead atoms. The molecule has 1 N–H and O–H groups in total. The number of likely N-dealkylation sites (tertiary alicyclic amines) is 1. The lowest BCUT2D eigenvalue weighted by Gasteiger charge is -2.38. The van der Waals surface area contributed by atoms with Gasteiger partial charge in [-0.15, -0.1) is 11.3 Å². The molecule has 1 atom stereocenters. The lowest BCUT2D eigenvalue weighted by molar-refractivity contribution is -0.138. The fourth-order valence-corrected chi connectivity index (χ4v) is 7.26. The van der Waals surface area contributed by atoms with E-state index in [9.17, 15) is 9.59 Å². The van der Waals surface area contributed by atoms with Crippen LogP contribution in [0.25, 0.3) is 21.3 Å². The van der Waals surface area contributed by atoms with E-state index in [1.54, 1.807) is 11.3 Å². The molecule has 8 heteroatoms. The van der Waals surface area contributed by atoms with Gasteiger partial charge in [0.2, 0.25) is 11.8 Å². The molecule has 6 rings (SSSR count). The highest BCUT2D eigenvalue weighted by Crippen LogP contribution is 2.45. The van der Waals surface area contributed by atoms with Gasteiger partial charge in [-0.25, -0.2) is 0 Å². The molecule has 0 saturated carbocycles. The first-order chi connectivity index (χ1) is 16.8. The second-order valence-corrected chi connectivity index (χ2v) is 12.1. The third-order valence-corrected chi connectivity index (χ3v) is 8.87. The number of imide groups is 1. The average molecular weight is 509 g/mol. The van der Waals surface area contributed by atoms with E-state index in [4.69, 9.17) is 11.6 Å². The molecule has 3 aromatic rings. The number of fused-ring (bicyclic) bond motifs is 2. The van der Waals surface area contributed by atoms with Crippen molar-refractivity contribution in [2.75, 3.05) is 18.0 Å². The van der Waals surface area contributed by atoms with E-state index in [0.29, 0.717) is 25.4 Å². The highest BCUT2D eigenvalue weighted by Gasteiger charge is 2.37. The minimum absolute atomic E-state index is 0.0895. The van der Waals surface area contributed by atoms with Gasteiger partial charge in [-0.3, -0.25) is 19.5 Å². The monoisotopic (exact) mass is 508 g/mol. The Morgan fingerprint density at radius 2 is 1.94 bits per heavy atom. The van der Waals surface area contributed by atoms with Crippen LogP contribution < -0.4 is 10.2 Å². The number of carbonyl (C=O) groups excluding carboxylic acids is 2. The Kier molecular flexibility index (Phi) is 5.62. The van der Waals surface area contributed by atoms with Crippen molar-refractivity contribution in [2.24, 2.45) is 0 Å². The fourth-order valence-electron chi connectivity index (χ4n) is 5.89. The van der Waals surface area contributed by atoms with Crippen LogP contribution in [0.3, 0.4) is 0 Å². The molecule has 0 aliphatic carbocycles. The average Bonchev–Trinajstić information content (AvgIpc) is 3.50. The summed E-state index contributed by atoms with van der Waals surface area (Å²) in [4.78, 5) is 33.9. The molecule has 35 heavy (non-hydrogen) atoms. The van der Waals surface area contributed by atoms with E-state index in [0.717, 1.165) is 63.6 Å². The molecular weight excluding hydrogens is 480 g/mol. The first-order valence-corrected chi connectivity index (χ1v) is 13.5. The van der Waals surface area contributed by atoms with Gasteiger partial charge >= 0.3 is 0 Å². The second-order valence-electron chi connectivity index (χ2n) is 10.5. The number of nitrogens with one attached hydrogen (secondary N) is 1. The van der Waals surface area contributed by atoms with Gasteiger partial charge in [0.1, 0.15) is 0 Å². The van der Waals surface area contributed by atoms with E-state index in [1.807, 2.05) is 12.3 Å². The Morgan fingerprint density at radius 1 is 1.14 bits per heavy atom. The van der Waals surface area contributed by atoms with Crippen molar-refractivity contribution in [1.29, 1.82) is 0 Å². The first kappa shape index (κ1) is 23.0. The van der Waals surface area contributed by atoms with Crippen molar-refractivity contribution in [3.8, 4) is 11.1 Å². The lowest BCUT2D eigenvalue weighted by Crippen LogP contribution is -2.40. The summed E-state index contributed by atoms with van der Waals surface area (Å²) in [6, 6.07) is 8.74. The molecular formula is C27H29ClN4O2S. The van der Waals surface area contributed by atoms with Gasteiger partial charge in [-0.05, 0) is 62.9 Å². The number of hydrogen-bond donors (Lipinski definition) is 1. The van der Waals surface area contributed by atoms with Gasteiger partial charge in [0.05, 0.1) is 16.8 Å². The number of aryl methyl sites for hydroxylation is 1. The van der Waals surface area contributed by atoms with E-state index < -0.39 is 0 Å². The lowest BCUT2D eigenvalue weighted by atomic mass is 9.91. The molecule has 0 radical (unpaired) electrons. The van der Waals surface area contributed by atoms with Gasteiger partial charge in [0.25, 0.3) is 0 Å². The van der Waals surface area contributed by atoms with Crippen molar-refractivity contribution >= 4 is 50.7 Å². The number of carbonyl (C=O) groups is 2. The van der Waals surface area contributed by atoms with Crippen LogP contribution in [0.4, 0.5) is 5.69 Å². The molecule has 2 fully saturated rings. The number of thiophene rings is 1. The van der Waals surface area contributed by atoms with Crippen LogP contribution in [-0.4, -0.2) is 46.4 Å². The Labute approximate surface area is 214 Å². The smallest absolute Gasteiger partial charge is 0.230 e. The number of halogens is 1. The third-order valence-electron chi connectivity index (χ3n) is 7.51. The molecule has 1 unspecified atom stereocenters. The molecule has 1 aromatic carbocycles. The third kappa shape index (κ3) is 4.13. The number of rotatable bonds is 4. The van der Waals surface area contributed by atoms with Crippen LogP contribution in [0, 0.1) is 0 Å². The molecule has 2 amide bonds. The van der Waals surface area contributed by atoms with Crippen molar-refractivity contribution in [3.63, 3.8) is 0 Å². The zero-order chi connectivity index (χ0) is 24.3. The van der Waals surface area contributed by atoms with Gasteiger partial charge in [-0.1, -0.05) is 11.6 Å². The number of amides is 2. The summed E-state index contributed by atoms with van der Waals surface area (Å²) < 4.78 is 1.07. The van der Waals surface area contributed by atoms with E-state index in [1.165, 1.54) is 16.2 Å². The molecule has 0 spiro atoms. The number of anilines is 1. The van der Waals surface area contributed by atoms with Gasteiger partial charge < -0.3 is 10.2 Å². The molecule has 182 valence electrons. The summed E-state index contributed by atoms with van der Waals surface area (Å²) in [7, 11) is 0. The highest BCUT2D eigenvalue weighted by atomic mass is 35.5. The summed E-state index contributed by atoms with van der Waals surface area (Å²) >= 11 is 8.28. The van der Waals surface area contributed by atoms with Crippen molar-refractivity contribution in [3.05, 3.63) is 45.9 Å². The van der Waals surface area contributed by atoms with Crippen LogP contribution in [0.15, 0.2) is 30.5 Å². The minimum Gasteiger partial charge on any atom is -0.366 e. The minimum atomic E-state index is -0.0895. The normalized spacial score (nSPS) is 21.9. The highest BCUT2D eigenvalue weighted by molar-refractivity contribution is 7.19. The van der Waals surface area contributed by atoms with Gasteiger partial charge in [0, 0.05) is 70.4 Å². The van der Waals surface area contributed by atoms with E-state index in [2.05, 4.69) is 47.2 Å². The molecule has 5 heterocycles. The van der Waals surface area contributed by atoms with Gasteiger partial charge in [-0.2, -0.15) is 0 Å². The largest absolute Gasteiger partial charge is 0.366 e. The Morgan fingerprint density at radius 3 is 2.69 bits per heavy atom. The quantitative estimate of drug-likeness (QED) is 0.493. The van der Waals surface area contributed by atoms with E-state index >= 15 is 0 Å². The molecule has 2 saturated heterocycles. The second kappa shape index (κ2) is 8.57. The summed E-state index contributed by atoms with van der Waals surface area (Å²) in [6.45, 7) is 6.88. The van der Waals surface area contributed by atoms with Crippen LogP contribution in [0.1, 0.15) is 50.0 Å². The molecule has 6 nitrogen and oxygen atoms in total. The van der Waals surface area contributed by atoms with Crippen LogP contribution in [0.5, 0.6) is 0 Å². The number of pyridine rings is 1. The van der Waals surface area contributed by atoms with Crippen molar-refractivity contribution < 1.29 is 9.59 Å². The van der Waals surface area contributed by atoms with Crippen LogP contribution in [-0.2, 0) is 22.6 Å². The Balaban J connectivity index is 1.44. The standard InChI is InChI=1S/C27H29ClN4O2S/c1-27(2)13-18(14-30-27)31-9-3-4-16-10-17(28)11-21(25(16)31)20-7-8-29-22-12-19(35-26(20)22)15-32-23(33)5-6-24(32)34/h7-8,10-12,18,30H,3-6,9,13-15H2,1-2H3. The van der Waals surface area contributed by atoms with E-state index in [-0.39, 0.29) is 17.4 Å². The van der Waals surface area contributed by atoms with Crippen molar-refractivity contribution in [2.45, 2.75) is 64.1 Å². The number of nitrogens with zero attached hydrogens (tertiary/aromatic N) is 3. The predicted molar refractivity (Wildman–Crippen MR) is 141 cm³/mol. The summed E-state index contributed by atoms with van der Waals surface area (Å²) in [5.41, 5.74) is 5.87. The van der Waals surface area contributed by atoms with Gasteiger partial charge in [0.15, 0.2) is 0 Å². The zero-order valence-corrected chi connectivity index (χ0v) is 21.6. The Hall–Kier alpha value is -2.48. The SMILES string of the molecule is CC1(C)CC(N2CCCc3cc(Cl)cc(-c4ccnc5cc(CN6C(=O)CCC6=O)sc45)c32)CN1.